The van der Waals surface area contributed by atoms with Gasteiger partial charge in [0.1, 0.15) is 12.4 Å². The molecule has 10 heteroatoms. The van der Waals surface area contributed by atoms with E-state index in [0.717, 1.165) is 18.4 Å². The number of methoxy groups -OCH3 is 3. The van der Waals surface area contributed by atoms with Gasteiger partial charge < -0.3 is 28.3 Å². The first kappa shape index (κ1) is 30.3. The Bertz CT molecular complexity index is 1150. The molecule has 1 N–H and O–H groups in total. The third-order valence-corrected chi connectivity index (χ3v) is 8.47. The fourth-order valence-electron chi connectivity index (χ4n) is 4.56. The number of likely N-dealkylation sites (tertiary alicyclic amines) is 1. The van der Waals surface area contributed by atoms with E-state index in [9.17, 15) is 9.59 Å². The number of carbonyl (C=O) groups is 2. The van der Waals surface area contributed by atoms with Crippen molar-refractivity contribution in [2.45, 2.75) is 70.7 Å². The lowest BCUT2D eigenvalue weighted by atomic mass is 9.96. The van der Waals surface area contributed by atoms with Crippen LogP contribution < -0.4 is 19.5 Å². The number of ether oxygens (including phenoxy) is 4. The van der Waals surface area contributed by atoms with Crippen LogP contribution in [0.2, 0.25) is 5.04 Å². The molecule has 0 aliphatic carbocycles. The Balaban J connectivity index is 1.83. The molecule has 214 valence electrons. The zero-order valence-corrected chi connectivity index (χ0v) is 25.8. The molecule has 1 fully saturated rings. The quantitative estimate of drug-likeness (QED) is 0.402. The van der Waals surface area contributed by atoms with Gasteiger partial charge in [-0.2, -0.15) is 0 Å². The monoisotopic (exact) mass is 558 g/mol. The summed E-state index contributed by atoms with van der Waals surface area (Å²) in [7, 11) is 3.77. The standard InChI is InChI=1S/C29H42N2O7Si/c1-28(2,3)39-38-29(4,5)25-10-9-15-31(25)26(32)21-16-23(35-7)24(36-8)17-22(21)30-27(33)37-18-19-11-13-20(34-6)14-12-19/h11-14,16-17,25H,9-10,15,18,39H2,1-8H3,(H,30,33). The fourth-order valence-corrected chi connectivity index (χ4v) is 5.56. The highest BCUT2D eigenvalue weighted by Crippen LogP contribution is 2.37. The summed E-state index contributed by atoms with van der Waals surface area (Å²) in [5.41, 5.74) is 0.888. The molecule has 0 radical (unpaired) electrons. The average Bonchev–Trinajstić information content (AvgIpc) is 3.41. The van der Waals surface area contributed by atoms with Gasteiger partial charge >= 0.3 is 6.09 Å². The van der Waals surface area contributed by atoms with Crippen LogP contribution in [0.5, 0.6) is 17.2 Å². The van der Waals surface area contributed by atoms with Crippen molar-refractivity contribution in [1.29, 1.82) is 0 Å². The molecule has 1 unspecified atom stereocenters. The van der Waals surface area contributed by atoms with Crippen molar-refractivity contribution in [3.8, 4) is 17.2 Å². The SMILES string of the molecule is COc1ccc(COC(=O)Nc2cc(OC)c(OC)cc2C(=O)N2CCCC2C(C)(C)O[SiH2]C(C)(C)C)cc1. The van der Waals surface area contributed by atoms with E-state index >= 15 is 0 Å². The summed E-state index contributed by atoms with van der Waals surface area (Å²) in [6.45, 7) is 11.3. The lowest BCUT2D eigenvalue weighted by Gasteiger charge is -2.40. The van der Waals surface area contributed by atoms with Crippen molar-refractivity contribution in [2.24, 2.45) is 0 Å². The molecule has 2 aromatic carbocycles. The lowest BCUT2D eigenvalue weighted by Crippen LogP contribution is -2.51. The Kier molecular flexibility index (Phi) is 9.90. The highest BCUT2D eigenvalue weighted by atomic mass is 28.2. The largest absolute Gasteiger partial charge is 0.497 e. The van der Waals surface area contributed by atoms with E-state index in [0.29, 0.717) is 29.4 Å². The van der Waals surface area contributed by atoms with Crippen molar-refractivity contribution in [1.82, 2.24) is 4.90 Å². The van der Waals surface area contributed by atoms with Gasteiger partial charge in [-0.25, -0.2) is 4.79 Å². The van der Waals surface area contributed by atoms with Gasteiger partial charge in [0, 0.05) is 12.6 Å². The number of nitrogens with zero attached hydrogens (tertiary/aromatic N) is 1. The van der Waals surface area contributed by atoms with Gasteiger partial charge in [-0.15, -0.1) is 0 Å². The van der Waals surface area contributed by atoms with Crippen molar-refractivity contribution >= 4 is 27.5 Å². The minimum absolute atomic E-state index is 0.0593. The predicted molar refractivity (Wildman–Crippen MR) is 154 cm³/mol. The molecule has 2 amide bonds. The molecule has 1 atom stereocenters. The second-order valence-electron chi connectivity index (χ2n) is 11.4. The zero-order chi connectivity index (χ0) is 28.8. The Morgan fingerprint density at radius 1 is 0.974 bits per heavy atom. The summed E-state index contributed by atoms with van der Waals surface area (Å²) in [5, 5.41) is 2.88. The Hall–Kier alpha value is -3.24. The van der Waals surface area contributed by atoms with Gasteiger partial charge in [-0.3, -0.25) is 10.1 Å². The average molecular weight is 559 g/mol. The summed E-state index contributed by atoms with van der Waals surface area (Å²) in [6, 6.07) is 10.3. The molecule has 0 spiro atoms. The lowest BCUT2D eigenvalue weighted by molar-refractivity contribution is 0.0179. The normalized spacial score (nSPS) is 15.9. The third kappa shape index (κ3) is 7.89. The molecule has 3 rings (SSSR count). The number of hydrogen-bond donors (Lipinski definition) is 1. The molecular weight excluding hydrogens is 516 g/mol. The van der Waals surface area contributed by atoms with Gasteiger partial charge in [0.2, 0.25) is 0 Å². The van der Waals surface area contributed by atoms with Crippen LogP contribution >= 0.6 is 0 Å². The summed E-state index contributed by atoms with van der Waals surface area (Å²) in [6.07, 6.45) is 1.03. The van der Waals surface area contributed by atoms with Crippen LogP contribution in [-0.2, 0) is 15.8 Å². The molecular formula is C29H42N2O7Si. The maximum absolute atomic E-state index is 14.0. The van der Waals surface area contributed by atoms with Crippen LogP contribution in [0.3, 0.4) is 0 Å². The van der Waals surface area contributed by atoms with Crippen molar-refractivity contribution < 1.29 is 33.0 Å². The van der Waals surface area contributed by atoms with E-state index < -0.39 is 21.5 Å². The smallest absolute Gasteiger partial charge is 0.411 e. The number of amides is 2. The highest BCUT2D eigenvalue weighted by Gasteiger charge is 2.42. The Labute approximate surface area is 234 Å². The van der Waals surface area contributed by atoms with Gasteiger partial charge in [-0.1, -0.05) is 32.9 Å². The Morgan fingerprint density at radius 2 is 1.62 bits per heavy atom. The first-order valence-electron chi connectivity index (χ1n) is 13.2. The van der Waals surface area contributed by atoms with Gasteiger partial charge in [0.05, 0.1) is 44.2 Å². The van der Waals surface area contributed by atoms with Crippen molar-refractivity contribution in [2.75, 3.05) is 33.2 Å². The maximum atomic E-state index is 14.0. The minimum Gasteiger partial charge on any atom is -0.497 e. The topological polar surface area (TPSA) is 95.6 Å². The molecule has 1 saturated heterocycles. The van der Waals surface area contributed by atoms with E-state index in [2.05, 4.69) is 39.9 Å². The third-order valence-electron chi connectivity index (χ3n) is 6.71. The predicted octanol–water partition coefficient (Wildman–Crippen LogP) is 5.16. The van der Waals surface area contributed by atoms with Crippen molar-refractivity contribution in [3.05, 3.63) is 47.5 Å². The Morgan fingerprint density at radius 3 is 2.21 bits per heavy atom. The van der Waals surface area contributed by atoms with Gasteiger partial charge in [0.25, 0.3) is 5.91 Å². The van der Waals surface area contributed by atoms with E-state index in [-0.39, 0.29) is 29.3 Å². The van der Waals surface area contributed by atoms with Crippen molar-refractivity contribution in [3.63, 3.8) is 0 Å². The number of nitrogens with one attached hydrogen (secondary N) is 1. The maximum Gasteiger partial charge on any atom is 0.411 e. The highest BCUT2D eigenvalue weighted by molar-refractivity contribution is 6.31. The number of benzene rings is 2. The van der Waals surface area contributed by atoms with E-state index in [4.69, 9.17) is 23.4 Å². The van der Waals surface area contributed by atoms with Crippen LogP contribution in [0.1, 0.15) is 63.4 Å². The molecule has 0 saturated carbocycles. The molecule has 9 nitrogen and oxygen atoms in total. The van der Waals surface area contributed by atoms with Gasteiger partial charge in [0.15, 0.2) is 21.3 Å². The van der Waals surface area contributed by atoms with Crippen LogP contribution in [0, 0.1) is 0 Å². The second kappa shape index (κ2) is 12.7. The number of carbonyl (C=O) groups excluding carboxylic acids is 2. The molecule has 0 bridgehead atoms. The summed E-state index contributed by atoms with van der Waals surface area (Å²) in [4.78, 5) is 28.6. The first-order valence-corrected chi connectivity index (χ1v) is 14.4. The van der Waals surface area contributed by atoms with Gasteiger partial charge in [-0.05, 0) is 55.5 Å². The number of hydrogen-bond acceptors (Lipinski definition) is 7. The van der Waals surface area contributed by atoms with Crippen LogP contribution in [0.4, 0.5) is 10.5 Å². The van der Waals surface area contributed by atoms with E-state index in [1.165, 1.54) is 14.2 Å². The van der Waals surface area contributed by atoms with E-state index in [1.807, 2.05) is 17.0 Å². The van der Waals surface area contributed by atoms with Crippen LogP contribution in [-0.4, -0.2) is 66.2 Å². The molecule has 1 aliphatic heterocycles. The minimum atomic E-state index is -0.827. The molecule has 1 heterocycles. The number of rotatable bonds is 10. The van der Waals surface area contributed by atoms with E-state index in [1.54, 1.807) is 31.4 Å². The summed E-state index contributed by atoms with van der Waals surface area (Å²) in [5.74, 6) is 1.28. The summed E-state index contributed by atoms with van der Waals surface area (Å²) >= 11 is 0. The second-order valence-corrected chi connectivity index (χ2v) is 14.1. The molecule has 1 aliphatic rings. The summed E-state index contributed by atoms with van der Waals surface area (Å²) < 4.78 is 28.0. The zero-order valence-electron chi connectivity index (χ0n) is 24.4. The molecule has 2 aromatic rings. The molecule has 0 aromatic heterocycles. The first-order chi connectivity index (χ1) is 18.4. The van der Waals surface area contributed by atoms with Crippen LogP contribution in [0.15, 0.2) is 36.4 Å². The molecule has 39 heavy (non-hydrogen) atoms. The van der Waals surface area contributed by atoms with Crippen LogP contribution in [0.25, 0.3) is 0 Å². The fraction of sp³-hybridized carbons (Fsp3) is 0.517. The number of anilines is 1.